The average Bonchev–Trinajstić information content (AvgIpc) is 2.26. The van der Waals surface area contributed by atoms with Gasteiger partial charge in [-0.05, 0) is 12.1 Å². The van der Waals surface area contributed by atoms with Gasteiger partial charge in [0, 0.05) is 18.5 Å². The van der Waals surface area contributed by atoms with Gasteiger partial charge in [-0.25, -0.2) is 8.78 Å². The van der Waals surface area contributed by atoms with E-state index in [0.717, 1.165) is 12.1 Å². The van der Waals surface area contributed by atoms with Crippen LogP contribution in [0.3, 0.4) is 0 Å². The molecule has 0 bridgehead atoms. The van der Waals surface area contributed by atoms with Gasteiger partial charge in [0.1, 0.15) is 18.2 Å². The number of benzene rings is 1. The van der Waals surface area contributed by atoms with E-state index in [4.69, 9.17) is 11.6 Å². The Labute approximate surface area is 110 Å². The summed E-state index contributed by atoms with van der Waals surface area (Å²) in [5, 5.41) is 0. The van der Waals surface area contributed by atoms with Crippen LogP contribution in [0.1, 0.15) is 10.4 Å². The zero-order valence-corrected chi connectivity index (χ0v) is 10.2. The van der Waals surface area contributed by atoms with E-state index in [9.17, 15) is 26.7 Å². The number of alkyl halides is 4. The van der Waals surface area contributed by atoms with Crippen molar-refractivity contribution in [3.63, 3.8) is 0 Å². The Kier molecular flexibility index (Phi) is 5.11. The third-order valence-corrected chi connectivity index (χ3v) is 2.34. The van der Waals surface area contributed by atoms with Gasteiger partial charge >= 0.3 is 6.18 Å². The standard InChI is InChI=1S/C11H9ClF5NO/c12-3-4-18(6-11(15,16)17)10(19)8-2-1-7(13)5-9(8)14/h1-2,5H,3-4,6H2. The molecule has 8 heteroatoms. The van der Waals surface area contributed by atoms with Crippen LogP contribution in [0.5, 0.6) is 0 Å². The van der Waals surface area contributed by atoms with Gasteiger partial charge in [0.05, 0.1) is 5.56 Å². The summed E-state index contributed by atoms with van der Waals surface area (Å²) in [6.07, 6.45) is -4.63. The van der Waals surface area contributed by atoms with Crippen molar-refractivity contribution in [3.05, 3.63) is 35.4 Å². The Morgan fingerprint density at radius 2 is 1.89 bits per heavy atom. The van der Waals surface area contributed by atoms with Gasteiger partial charge in [0.15, 0.2) is 0 Å². The average molecular weight is 302 g/mol. The first-order valence-electron chi connectivity index (χ1n) is 5.11. The number of hydrogen-bond donors (Lipinski definition) is 0. The predicted octanol–water partition coefficient (Wildman–Crippen LogP) is 3.21. The van der Waals surface area contributed by atoms with Crippen molar-refractivity contribution in [1.29, 1.82) is 0 Å². The molecule has 2 nitrogen and oxygen atoms in total. The molecule has 0 aromatic heterocycles. The van der Waals surface area contributed by atoms with E-state index in [0.29, 0.717) is 11.0 Å². The lowest BCUT2D eigenvalue weighted by molar-refractivity contribution is -0.140. The molecule has 0 spiro atoms. The van der Waals surface area contributed by atoms with E-state index in [1.54, 1.807) is 0 Å². The highest BCUT2D eigenvalue weighted by Crippen LogP contribution is 2.19. The van der Waals surface area contributed by atoms with Gasteiger partial charge in [-0.2, -0.15) is 13.2 Å². The Morgan fingerprint density at radius 1 is 1.26 bits per heavy atom. The van der Waals surface area contributed by atoms with Crippen LogP contribution in [0.2, 0.25) is 0 Å². The van der Waals surface area contributed by atoms with Crippen molar-refractivity contribution in [3.8, 4) is 0 Å². The van der Waals surface area contributed by atoms with Crippen molar-refractivity contribution in [1.82, 2.24) is 4.90 Å². The summed E-state index contributed by atoms with van der Waals surface area (Å²) in [7, 11) is 0. The van der Waals surface area contributed by atoms with Crippen molar-refractivity contribution in [2.45, 2.75) is 6.18 Å². The number of nitrogens with zero attached hydrogens (tertiary/aromatic N) is 1. The molecule has 1 rings (SSSR count). The van der Waals surface area contributed by atoms with E-state index < -0.39 is 42.4 Å². The molecule has 106 valence electrons. The van der Waals surface area contributed by atoms with Gasteiger partial charge in [0.25, 0.3) is 5.91 Å². The molecule has 0 N–H and O–H groups in total. The number of amides is 1. The Balaban J connectivity index is 2.99. The summed E-state index contributed by atoms with van der Waals surface area (Å²) < 4.78 is 62.8. The fourth-order valence-corrected chi connectivity index (χ4v) is 1.61. The molecule has 0 saturated heterocycles. The number of carbonyl (C=O) groups is 1. The molecule has 0 atom stereocenters. The highest BCUT2D eigenvalue weighted by Gasteiger charge is 2.33. The number of hydrogen-bond acceptors (Lipinski definition) is 1. The molecule has 0 fully saturated rings. The molecule has 0 unspecified atom stereocenters. The molecule has 0 heterocycles. The fourth-order valence-electron chi connectivity index (χ4n) is 1.40. The molecule has 1 aromatic rings. The highest BCUT2D eigenvalue weighted by molar-refractivity contribution is 6.18. The van der Waals surface area contributed by atoms with Crippen LogP contribution >= 0.6 is 11.6 Å². The van der Waals surface area contributed by atoms with Gasteiger partial charge < -0.3 is 4.90 Å². The van der Waals surface area contributed by atoms with Crippen molar-refractivity contribution in [2.24, 2.45) is 0 Å². The number of halogens is 6. The third-order valence-electron chi connectivity index (χ3n) is 2.17. The van der Waals surface area contributed by atoms with Crippen LogP contribution in [0.25, 0.3) is 0 Å². The maximum atomic E-state index is 13.3. The first-order valence-corrected chi connectivity index (χ1v) is 5.65. The minimum absolute atomic E-state index is 0.232. The van der Waals surface area contributed by atoms with E-state index in [1.807, 2.05) is 0 Å². The van der Waals surface area contributed by atoms with E-state index in [2.05, 4.69) is 0 Å². The summed E-state index contributed by atoms with van der Waals surface area (Å²) in [6.45, 7) is -1.94. The zero-order valence-electron chi connectivity index (χ0n) is 9.48. The summed E-state index contributed by atoms with van der Waals surface area (Å²) in [5.41, 5.74) is -0.629. The van der Waals surface area contributed by atoms with Crippen LogP contribution in [-0.2, 0) is 0 Å². The monoisotopic (exact) mass is 301 g/mol. The minimum atomic E-state index is -4.63. The lowest BCUT2D eigenvalue weighted by Gasteiger charge is -2.23. The second kappa shape index (κ2) is 6.18. The largest absolute Gasteiger partial charge is 0.406 e. The Hall–Kier alpha value is -1.37. The first kappa shape index (κ1) is 15.7. The van der Waals surface area contributed by atoms with Gasteiger partial charge in [0.2, 0.25) is 0 Å². The molecule has 0 aliphatic carbocycles. The quantitative estimate of drug-likeness (QED) is 0.618. The second-order valence-electron chi connectivity index (χ2n) is 3.66. The van der Waals surface area contributed by atoms with Crippen LogP contribution in [-0.4, -0.2) is 36.0 Å². The molecule has 0 radical (unpaired) electrons. The molecular weight excluding hydrogens is 293 g/mol. The van der Waals surface area contributed by atoms with Crippen LogP contribution in [0.15, 0.2) is 18.2 Å². The van der Waals surface area contributed by atoms with Crippen LogP contribution in [0.4, 0.5) is 22.0 Å². The molecular formula is C11H9ClF5NO. The molecule has 1 amide bonds. The van der Waals surface area contributed by atoms with E-state index in [-0.39, 0.29) is 5.88 Å². The minimum Gasteiger partial charge on any atom is -0.328 e. The summed E-state index contributed by atoms with van der Waals surface area (Å²) in [4.78, 5) is 12.1. The van der Waals surface area contributed by atoms with Gasteiger partial charge in [-0.3, -0.25) is 4.79 Å². The lowest BCUT2D eigenvalue weighted by atomic mass is 10.2. The summed E-state index contributed by atoms with van der Waals surface area (Å²) in [6, 6.07) is 2.02. The van der Waals surface area contributed by atoms with Crippen LogP contribution < -0.4 is 0 Å². The molecule has 1 aromatic carbocycles. The van der Waals surface area contributed by atoms with Crippen LogP contribution in [0, 0.1) is 11.6 Å². The van der Waals surface area contributed by atoms with Crippen molar-refractivity contribution in [2.75, 3.05) is 19.0 Å². The van der Waals surface area contributed by atoms with Gasteiger partial charge in [-0.1, -0.05) is 0 Å². The number of carbonyl (C=O) groups excluding carboxylic acids is 1. The maximum Gasteiger partial charge on any atom is 0.406 e. The molecule has 0 aliphatic rings. The topological polar surface area (TPSA) is 20.3 Å². The van der Waals surface area contributed by atoms with Crippen molar-refractivity contribution >= 4 is 17.5 Å². The molecule has 19 heavy (non-hydrogen) atoms. The van der Waals surface area contributed by atoms with E-state index in [1.165, 1.54) is 0 Å². The molecule has 0 saturated carbocycles. The Morgan fingerprint density at radius 3 is 2.37 bits per heavy atom. The summed E-state index contributed by atoms with van der Waals surface area (Å²) >= 11 is 5.31. The second-order valence-corrected chi connectivity index (χ2v) is 4.03. The Bertz CT molecular complexity index is 463. The maximum absolute atomic E-state index is 13.3. The molecule has 0 aliphatic heterocycles. The smallest absolute Gasteiger partial charge is 0.328 e. The number of rotatable bonds is 4. The lowest BCUT2D eigenvalue weighted by Crippen LogP contribution is -2.40. The van der Waals surface area contributed by atoms with E-state index >= 15 is 0 Å². The first-order chi connectivity index (χ1) is 8.74. The summed E-state index contributed by atoms with van der Waals surface area (Å²) in [5.74, 6) is -3.55. The predicted molar refractivity (Wildman–Crippen MR) is 59.0 cm³/mol. The normalized spacial score (nSPS) is 11.5. The van der Waals surface area contributed by atoms with Gasteiger partial charge in [-0.15, -0.1) is 11.6 Å². The zero-order chi connectivity index (χ0) is 14.6. The van der Waals surface area contributed by atoms with Crippen molar-refractivity contribution < 1.29 is 26.7 Å². The fraction of sp³-hybridized carbons (Fsp3) is 0.364. The highest BCUT2D eigenvalue weighted by atomic mass is 35.5. The third kappa shape index (κ3) is 4.66. The SMILES string of the molecule is O=C(c1ccc(F)cc1F)N(CCCl)CC(F)(F)F.